The number of carbonyl (C=O) groups is 7. The van der Waals surface area contributed by atoms with Crippen molar-refractivity contribution in [3.63, 3.8) is 0 Å². The molecule has 0 unspecified atom stereocenters. The Morgan fingerprint density at radius 3 is 1.53 bits per heavy atom. The minimum atomic E-state index is -4.74. The number of carbonyl (C=O) groups excluding carboxylic acids is 7. The number of benzene rings is 2. The van der Waals surface area contributed by atoms with E-state index >= 15 is 0 Å². The fourth-order valence-electron chi connectivity index (χ4n) is 5.38. The number of nitrogens with one attached hydrogen (secondary N) is 3. The maximum Gasteiger partial charge on any atom is 0.524 e. The Morgan fingerprint density at radius 1 is 0.603 bits per heavy atom. The maximum absolute atomic E-state index is 13.2. The molecule has 0 radical (unpaired) electrons. The summed E-state index contributed by atoms with van der Waals surface area (Å²) in [5.41, 5.74) is 1.06. The third-order valence-electron chi connectivity index (χ3n) is 8.16. The third-order valence-corrected chi connectivity index (χ3v) is 9.06. The van der Waals surface area contributed by atoms with E-state index in [0.717, 1.165) is 0 Å². The van der Waals surface area contributed by atoms with Gasteiger partial charge in [0.05, 0.1) is 12.8 Å². The Balaban J connectivity index is 1.41. The largest absolute Gasteiger partial charge is 0.524 e. The highest BCUT2D eigenvalue weighted by atomic mass is 31.2. The Labute approximate surface area is 333 Å². The van der Waals surface area contributed by atoms with E-state index in [1.54, 1.807) is 0 Å². The summed E-state index contributed by atoms with van der Waals surface area (Å²) in [6, 6.07) is 11.1. The van der Waals surface area contributed by atoms with Crippen molar-refractivity contribution in [1.29, 1.82) is 0 Å². The van der Waals surface area contributed by atoms with Crippen LogP contribution in [-0.4, -0.2) is 104 Å². The van der Waals surface area contributed by atoms with Gasteiger partial charge < -0.3 is 34.7 Å². The topological polar surface area (TPSA) is 305 Å². The third kappa shape index (κ3) is 19.3. The Kier molecular flexibility index (Phi) is 19.0. The van der Waals surface area contributed by atoms with E-state index in [9.17, 15) is 42.7 Å². The molecule has 2 aromatic rings. The molecule has 58 heavy (non-hydrogen) atoms. The summed E-state index contributed by atoms with van der Waals surface area (Å²) < 4.78 is 31.0. The molecule has 1 aliphatic rings. The van der Waals surface area contributed by atoms with Crippen LogP contribution in [0, 0.1) is 0 Å². The van der Waals surface area contributed by atoms with Crippen LogP contribution in [0.3, 0.4) is 0 Å². The minimum Gasteiger partial charge on any atom is -0.404 e. The smallest absolute Gasteiger partial charge is 0.404 e. The number of hydrogen-bond acceptors (Lipinski definition) is 12. The van der Waals surface area contributed by atoms with E-state index in [1.165, 1.54) is 53.4 Å². The van der Waals surface area contributed by atoms with Gasteiger partial charge in [-0.25, -0.2) is 13.9 Å². The summed E-state index contributed by atoms with van der Waals surface area (Å²) in [6.07, 6.45) is 1.66. The number of rotatable bonds is 25. The summed E-state index contributed by atoms with van der Waals surface area (Å²) in [5.74, 6) is -3.36. The lowest BCUT2D eigenvalue weighted by atomic mass is 10.1. The van der Waals surface area contributed by atoms with Crippen LogP contribution < -0.4 is 25.0 Å². The number of hydrogen-bond donors (Lipinski definition) is 7. The molecule has 0 spiro atoms. The quantitative estimate of drug-likeness (QED) is 0.0415. The number of amides is 6. The van der Waals surface area contributed by atoms with E-state index < -0.39 is 45.2 Å². The number of phosphoric acid groups is 2. The number of phosphoric ester groups is 2. The van der Waals surface area contributed by atoms with Crippen molar-refractivity contribution < 1.29 is 76.2 Å². The first kappa shape index (κ1) is 47.2. The van der Waals surface area contributed by atoms with Crippen LogP contribution in [0.1, 0.15) is 68.9 Å². The predicted molar refractivity (Wildman–Crippen MR) is 201 cm³/mol. The molecule has 1 saturated heterocycles. The number of nitrogens with zero attached hydrogens (tertiary/aromatic N) is 2. The summed E-state index contributed by atoms with van der Waals surface area (Å²) in [7, 11) is -9.47. The molecule has 23 heteroatoms. The van der Waals surface area contributed by atoms with E-state index in [2.05, 4.69) is 25.0 Å². The first-order chi connectivity index (χ1) is 27.4. The van der Waals surface area contributed by atoms with Crippen molar-refractivity contribution in [2.45, 2.75) is 70.6 Å². The van der Waals surface area contributed by atoms with Gasteiger partial charge in [-0.3, -0.25) is 48.3 Å². The fourth-order valence-corrected chi connectivity index (χ4v) is 6.17. The summed E-state index contributed by atoms with van der Waals surface area (Å²) >= 11 is 0. The number of hydroxylamine groups is 2. The van der Waals surface area contributed by atoms with Crippen molar-refractivity contribution in [2.24, 2.45) is 0 Å². The van der Waals surface area contributed by atoms with Gasteiger partial charge >= 0.3 is 21.6 Å². The Morgan fingerprint density at radius 2 is 1.07 bits per heavy atom. The molecule has 21 nitrogen and oxygen atoms in total. The van der Waals surface area contributed by atoms with Crippen molar-refractivity contribution in [1.82, 2.24) is 25.9 Å². The lowest BCUT2D eigenvalue weighted by molar-refractivity contribution is -0.197. The van der Waals surface area contributed by atoms with E-state index in [-0.39, 0.29) is 101 Å². The average molecular weight is 856 g/mol. The van der Waals surface area contributed by atoms with Crippen molar-refractivity contribution in [2.75, 3.05) is 32.7 Å². The second-order valence-electron chi connectivity index (χ2n) is 12.9. The Bertz CT molecular complexity index is 1750. The fraction of sp³-hybridized carbons (Fsp3) is 0.457. The molecule has 0 bridgehead atoms. The molecule has 7 N–H and O–H groups in total. The zero-order valence-corrected chi connectivity index (χ0v) is 33.2. The van der Waals surface area contributed by atoms with Crippen LogP contribution in [0.4, 0.5) is 0 Å². The van der Waals surface area contributed by atoms with Crippen LogP contribution in [0.25, 0.3) is 0 Å². The van der Waals surface area contributed by atoms with Gasteiger partial charge in [0.1, 0.15) is 11.5 Å². The van der Waals surface area contributed by atoms with Gasteiger partial charge in [0.15, 0.2) is 0 Å². The SMILES string of the molecule is O=C(CCCC(=O)N(CCNC(=O)Cc1ccc(OP(=O)(O)O)cc1)CCNC(=O)Cc1ccc(OP(=O)(O)O)cc1)NCCCCCC(=O)ON1C(=O)CCC1=O. The molecule has 1 fully saturated rings. The second kappa shape index (κ2) is 23.3. The lowest BCUT2D eigenvalue weighted by Gasteiger charge is -2.23. The monoisotopic (exact) mass is 855 g/mol. The van der Waals surface area contributed by atoms with Crippen molar-refractivity contribution in [3.8, 4) is 11.5 Å². The molecule has 3 rings (SSSR count). The molecule has 6 amide bonds. The van der Waals surface area contributed by atoms with Crippen molar-refractivity contribution >= 4 is 57.1 Å². The van der Waals surface area contributed by atoms with Crippen LogP contribution >= 0.6 is 15.6 Å². The van der Waals surface area contributed by atoms with Crippen LogP contribution in [0.5, 0.6) is 11.5 Å². The molecule has 0 atom stereocenters. The molecule has 1 aliphatic heterocycles. The summed E-state index contributed by atoms with van der Waals surface area (Å²) in [4.78, 5) is 128. The molecule has 2 aromatic carbocycles. The van der Waals surface area contributed by atoms with Gasteiger partial charge in [-0.2, -0.15) is 0 Å². The van der Waals surface area contributed by atoms with Crippen LogP contribution in [-0.2, 0) is 60.4 Å². The first-order valence-corrected chi connectivity index (χ1v) is 21.3. The van der Waals surface area contributed by atoms with E-state index in [4.69, 9.17) is 24.4 Å². The molecular weight excluding hydrogens is 808 g/mol. The highest BCUT2D eigenvalue weighted by Crippen LogP contribution is 2.38. The summed E-state index contributed by atoms with van der Waals surface area (Å²) in [5, 5.41) is 8.65. The molecule has 0 saturated carbocycles. The van der Waals surface area contributed by atoms with Gasteiger partial charge in [-0.1, -0.05) is 30.7 Å². The zero-order valence-electron chi connectivity index (χ0n) is 31.4. The second-order valence-corrected chi connectivity index (χ2v) is 15.3. The average Bonchev–Trinajstić information content (AvgIpc) is 3.44. The minimum absolute atomic E-state index is 0.00186. The normalized spacial score (nSPS) is 12.8. The molecule has 1 heterocycles. The zero-order chi connectivity index (χ0) is 42.7. The highest BCUT2D eigenvalue weighted by molar-refractivity contribution is 7.47. The van der Waals surface area contributed by atoms with Gasteiger partial charge in [0.25, 0.3) is 11.8 Å². The molecule has 0 aromatic heterocycles. The standard InChI is InChI=1S/C35H47N5O16P2/c41-29(36-18-3-1-2-7-35(47)54-40-33(45)16-17-34(40)46)5-4-6-32(44)39(21-19-37-30(42)23-25-8-12-27(13-9-25)55-57(48,49)50)22-20-38-31(43)24-26-10-14-28(15-11-26)56-58(51,52)53/h8-15H,1-7,16-24H2,(H,36,41)(H,37,42)(H,38,43)(H2,48,49,50)(H2,51,52,53). The number of unbranched alkanes of at least 4 members (excludes halogenated alkanes) is 2. The number of imide groups is 1. The molecular formula is C35H47N5O16P2. The van der Waals surface area contributed by atoms with Crippen molar-refractivity contribution in [3.05, 3.63) is 59.7 Å². The van der Waals surface area contributed by atoms with Gasteiger partial charge in [0.2, 0.25) is 23.6 Å². The van der Waals surface area contributed by atoms with Crippen LogP contribution in [0.15, 0.2) is 48.5 Å². The maximum atomic E-state index is 13.2. The van der Waals surface area contributed by atoms with Gasteiger partial charge in [-0.15, -0.1) is 5.06 Å². The van der Waals surface area contributed by atoms with E-state index in [1.807, 2.05) is 0 Å². The highest BCUT2D eigenvalue weighted by Gasteiger charge is 2.32. The van der Waals surface area contributed by atoms with Gasteiger partial charge in [0, 0.05) is 64.8 Å². The first-order valence-electron chi connectivity index (χ1n) is 18.2. The van der Waals surface area contributed by atoms with E-state index in [0.29, 0.717) is 42.0 Å². The Hall–Kier alpha value is -5.17. The van der Waals surface area contributed by atoms with Crippen LogP contribution in [0.2, 0.25) is 0 Å². The lowest BCUT2D eigenvalue weighted by Crippen LogP contribution is -2.43. The predicted octanol–water partition coefficient (Wildman–Crippen LogP) is 0.930. The molecule has 0 aliphatic carbocycles. The van der Waals surface area contributed by atoms with Gasteiger partial charge in [-0.05, 0) is 54.7 Å². The summed E-state index contributed by atoms with van der Waals surface area (Å²) in [6.45, 7) is 0.566. The molecule has 318 valence electrons.